The largest absolute Gasteiger partial charge is 0.466 e. The lowest BCUT2D eigenvalue weighted by atomic mass is 9.84. The summed E-state index contributed by atoms with van der Waals surface area (Å²) in [5.74, 6) is -0.596. The van der Waals surface area contributed by atoms with Crippen LogP contribution in [0.4, 0.5) is 4.79 Å². The molecule has 2 aromatic carbocycles. The number of ether oxygens (including phenoxy) is 1. The van der Waals surface area contributed by atoms with Gasteiger partial charge in [0.15, 0.2) is 0 Å². The number of carbonyl (C=O) groups is 3. The van der Waals surface area contributed by atoms with E-state index in [-0.39, 0.29) is 42.0 Å². The predicted molar refractivity (Wildman–Crippen MR) is 175 cm³/mol. The molecule has 1 N–H and O–H groups in total. The number of rotatable bonds is 9. The zero-order chi connectivity index (χ0) is 31.2. The maximum absolute atomic E-state index is 13.9. The van der Waals surface area contributed by atoms with Crippen LogP contribution in [0.15, 0.2) is 54.6 Å². The van der Waals surface area contributed by atoms with Crippen LogP contribution in [-0.4, -0.2) is 77.0 Å². The van der Waals surface area contributed by atoms with Gasteiger partial charge in [-0.15, -0.1) is 0 Å². The molecule has 6 rings (SSSR count). The third-order valence-corrected chi connectivity index (χ3v) is 10.6. The van der Waals surface area contributed by atoms with Crippen molar-refractivity contribution in [2.45, 2.75) is 108 Å². The number of esters is 1. The molecule has 4 fully saturated rings. The first-order valence-electron chi connectivity index (χ1n) is 17.4. The van der Waals surface area contributed by atoms with Crippen LogP contribution in [0.5, 0.6) is 0 Å². The molecular weight excluding hydrogens is 564 g/mol. The minimum absolute atomic E-state index is 0.122. The Labute approximate surface area is 268 Å². The van der Waals surface area contributed by atoms with Gasteiger partial charge in [-0.25, -0.2) is 4.79 Å². The first kappa shape index (κ1) is 31.6. The highest BCUT2D eigenvalue weighted by molar-refractivity contribution is 5.94. The van der Waals surface area contributed by atoms with Crippen LogP contribution in [0.1, 0.15) is 105 Å². The number of carbonyl (C=O) groups excluding carboxylic acids is 3. The summed E-state index contributed by atoms with van der Waals surface area (Å²) in [6.07, 6.45) is 11.5. The fourth-order valence-corrected chi connectivity index (χ4v) is 8.15. The molecule has 0 spiro atoms. The van der Waals surface area contributed by atoms with E-state index < -0.39 is 0 Å². The normalized spacial score (nSPS) is 25.4. The van der Waals surface area contributed by atoms with Gasteiger partial charge in [-0.3, -0.25) is 14.5 Å². The van der Waals surface area contributed by atoms with E-state index >= 15 is 0 Å². The van der Waals surface area contributed by atoms with Gasteiger partial charge in [-0.05, 0) is 68.7 Å². The molecule has 0 radical (unpaired) electrons. The van der Waals surface area contributed by atoms with Gasteiger partial charge in [0.2, 0.25) is 0 Å². The zero-order valence-electron chi connectivity index (χ0n) is 26.9. The van der Waals surface area contributed by atoms with E-state index in [9.17, 15) is 14.4 Å². The Morgan fingerprint density at radius 3 is 2.22 bits per heavy atom. The molecule has 8 heteroatoms. The van der Waals surface area contributed by atoms with Crippen LogP contribution in [0.2, 0.25) is 0 Å². The fourth-order valence-electron chi connectivity index (χ4n) is 8.15. The quantitative estimate of drug-likeness (QED) is 0.335. The summed E-state index contributed by atoms with van der Waals surface area (Å²) in [7, 11) is 0. The minimum Gasteiger partial charge on any atom is -0.466 e. The number of benzene rings is 2. The summed E-state index contributed by atoms with van der Waals surface area (Å²) >= 11 is 0. The molecule has 3 atom stereocenters. The molecule has 45 heavy (non-hydrogen) atoms. The van der Waals surface area contributed by atoms with Crippen molar-refractivity contribution in [3.05, 3.63) is 71.3 Å². The third-order valence-electron chi connectivity index (χ3n) is 10.6. The highest BCUT2D eigenvalue weighted by atomic mass is 16.5. The van der Waals surface area contributed by atoms with Crippen molar-refractivity contribution in [1.82, 2.24) is 20.0 Å². The molecule has 2 aromatic rings. The summed E-state index contributed by atoms with van der Waals surface area (Å²) in [4.78, 5) is 46.3. The van der Waals surface area contributed by atoms with Gasteiger partial charge in [0.25, 0.3) is 5.91 Å². The van der Waals surface area contributed by atoms with E-state index in [0.29, 0.717) is 18.2 Å². The van der Waals surface area contributed by atoms with Crippen molar-refractivity contribution in [2.75, 3.05) is 26.2 Å². The summed E-state index contributed by atoms with van der Waals surface area (Å²) in [5, 5.41) is 3.11. The van der Waals surface area contributed by atoms with Crippen molar-refractivity contribution >= 4 is 17.9 Å². The Hall–Kier alpha value is -3.39. The van der Waals surface area contributed by atoms with Crippen molar-refractivity contribution in [3.8, 4) is 0 Å². The summed E-state index contributed by atoms with van der Waals surface area (Å²) in [5.41, 5.74) is 3.04. The molecule has 2 aliphatic heterocycles. The second-order valence-corrected chi connectivity index (χ2v) is 13.5. The molecule has 2 heterocycles. The molecule has 3 unspecified atom stereocenters. The fraction of sp³-hybridized carbons (Fsp3) is 0.595. The lowest BCUT2D eigenvalue weighted by Gasteiger charge is -2.39. The first-order chi connectivity index (χ1) is 22.0. The Kier molecular flexibility index (Phi) is 10.4. The number of hydrogen-bond donors (Lipinski definition) is 1. The van der Waals surface area contributed by atoms with Crippen molar-refractivity contribution in [1.29, 1.82) is 0 Å². The number of likely N-dealkylation sites (tertiary alicyclic amines) is 1. The Morgan fingerprint density at radius 1 is 0.822 bits per heavy atom. The van der Waals surface area contributed by atoms with Crippen LogP contribution in [0, 0.1) is 5.92 Å². The van der Waals surface area contributed by atoms with Crippen molar-refractivity contribution in [3.63, 3.8) is 0 Å². The third kappa shape index (κ3) is 7.37. The standard InChI is InChI=1S/C37H50N4O4/c1-2-45-36(43)32-15-9-10-16-33(32)38-35(42)29-19-17-27(18-20-29)25-39-23-21-31(22-24-39)41-34(28-11-5-3-6-12-28)26-40(37(41)44)30-13-7-4-8-14-30/h3,5-6,11-12,17-20,30-34H,2,4,7-10,13-16,21-26H2,1H3,(H,38,42). The van der Waals surface area contributed by atoms with E-state index in [1.54, 1.807) is 0 Å². The number of hydrogen-bond acceptors (Lipinski definition) is 5. The van der Waals surface area contributed by atoms with Crippen molar-refractivity contribution < 1.29 is 19.1 Å². The van der Waals surface area contributed by atoms with Gasteiger partial charge >= 0.3 is 12.0 Å². The Morgan fingerprint density at radius 2 is 1.51 bits per heavy atom. The van der Waals surface area contributed by atoms with Crippen LogP contribution < -0.4 is 5.32 Å². The SMILES string of the molecule is CCOC(=O)C1CCCCC1NC(=O)c1ccc(CN2CCC(N3C(=O)N(C4CCCCC4)CC3c3ccccc3)CC2)cc1. The number of urea groups is 1. The number of nitrogens with zero attached hydrogens (tertiary/aromatic N) is 3. The number of piperidine rings is 1. The van der Waals surface area contributed by atoms with Crippen LogP contribution in [0.25, 0.3) is 0 Å². The average molecular weight is 615 g/mol. The van der Waals surface area contributed by atoms with Crippen LogP contribution in [0.3, 0.4) is 0 Å². The topological polar surface area (TPSA) is 82.2 Å². The molecular formula is C37H50N4O4. The molecule has 3 amide bonds. The van der Waals surface area contributed by atoms with Gasteiger partial charge in [-0.2, -0.15) is 0 Å². The second-order valence-electron chi connectivity index (χ2n) is 13.5. The average Bonchev–Trinajstić information content (AvgIpc) is 3.43. The van der Waals surface area contributed by atoms with Gasteiger partial charge in [0.05, 0.1) is 18.6 Å². The molecule has 2 saturated carbocycles. The lowest BCUT2D eigenvalue weighted by molar-refractivity contribution is -0.150. The summed E-state index contributed by atoms with van der Waals surface area (Å²) in [6.45, 7) is 5.69. The monoisotopic (exact) mass is 614 g/mol. The van der Waals surface area contributed by atoms with E-state index in [1.807, 2.05) is 31.2 Å². The Balaban J connectivity index is 1.04. The van der Waals surface area contributed by atoms with Gasteiger partial charge in [0.1, 0.15) is 0 Å². The van der Waals surface area contributed by atoms with Crippen molar-refractivity contribution in [2.24, 2.45) is 5.92 Å². The smallest absolute Gasteiger partial charge is 0.321 e. The summed E-state index contributed by atoms with van der Waals surface area (Å²) < 4.78 is 5.27. The first-order valence-corrected chi connectivity index (χ1v) is 17.4. The van der Waals surface area contributed by atoms with E-state index in [4.69, 9.17) is 4.74 Å². The summed E-state index contributed by atoms with van der Waals surface area (Å²) in [6, 6.07) is 19.3. The highest BCUT2D eigenvalue weighted by Crippen LogP contribution is 2.38. The number of amides is 3. The van der Waals surface area contributed by atoms with Gasteiger partial charge in [0, 0.05) is 49.9 Å². The molecule has 2 aliphatic carbocycles. The molecule has 0 bridgehead atoms. The molecule has 8 nitrogen and oxygen atoms in total. The van der Waals surface area contributed by atoms with E-state index in [1.165, 1.54) is 30.4 Å². The lowest BCUT2D eigenvalue weighted by Crippen LogP contribution is -2.48. The predicted octanol–water partition coefficient (Wildman–Crippen LogP) is 6.31. The van der Waals surface area contributed by atoms with Gasteiger partial charge < -0.3 is 19.9 Å². The molecule has 0 aromatic heterocycles. The van der Waals surface area contributed by atoms with Crippen LogP contribution in [-0.2, 0) is 16.1 Å². The van der Waals surface area contributed by atoms with Gasteiger partial charge in [-0.1, -0.05) is 74.6 Å². The molecule has 242 valence electrons. The maximum Gasteiger partial charge on any atom is 0.321 e. The highest BCUT2D eigenvalue weighted by Gasteiger charge is 2.45. The van der Waals surface area contributed by atoms with E-state index in [2.05, 4.69) is 50.3 Å². The zero-order valence-corrected chi connectivity index (χ0v) is 26.9. The number of nitrogens with one attached hydrogen (secondary N) is 1. The minimum atomic E-state index is -0.265. The second kappa shape index (κ2) is 14.8. The maximum atomic E-state index is 13.9. The molecule has 4 aliphatic rings. The van der Waals surface area contributed by atoms with E-state index in [0.717, 1.165) is 77.5 Å². The Bertz CT molecular complexity index is 1290. The molecule has 2 saturated heterocycles. The van der Waals surface area contributed by atoms with Crippen LogP contribution >= 0.6 is 0 Å².